The number of aromatic nitrogens is 3. The van der Waals surface area contributed by atoms with E-state index in [4.69, 9.17) is 10.0 Å². The van der Waals surface area contributed by atoms with Crippen LogP contribution in [0.5, 0.6) is 5.75 Å². The molecule has 0 aliphatic rings. The summed E-state index contributed by atoms with van der Waals surface area (Å²) in [7, 11) is -2.11. The number of halogens is 2. The standard InChI is InChI=1S/C10H10BF2N3O4/c1-6-14-16(10(17)15(6)9(12)13)7-4-2-3-5-8(7)20-11(18)19/h2-5,9,18-19H,1H3. The maximum Gasteiger partial charge on any atom is 0.707 e. The molecule has 7 nitrogen and oxygen atoms in total. The summed E-state index contributed by atoms with van der Waals surface area (Å²) in [5.74, 6) is -0.257. The summed E-state index contributed by atoms with van der Waals surface area (Å²) in [4.78, 5) is 11.9. The number of rotatable bonds is 4. The molecule has 0 aliphatic carbocycles. The van der Waals surface area contributed by atoms with E-state index in [9.17, 15) is 13.6 Å². The molecule has 0 atom stereocenters. The van der Waals surface area contributed by atoms with Gasteiger partial charge in [-0.3, -0.25) is 0 Å². The number of nitrogens with zero attached hydrogens (tertiary/aromatic N) is 3. The predicted molar refractivity (Wildman–Crippen MR) is 64.6 cm³/mol. The van der Waals surface area contributed by atoms with Crippen LogP contribution in [-0.4, -0.2) is 31.7 Å². The molecule has 0 aliphatic heterocycles. The monoisotopic (exact) mass is 285 g/mol. The lowest BCUT2D eigenvalue weighted by molar-refractivity contribution is 0.0640. The fourth-order valence-electron chi connectivity index (χ4n) is 1.70. The van der Waals surface area contributed by atoms with E-state index < -0.39 is 19.6 Å². The molecule has 0 spiro atoms. The molecule has 10 heteroatoms. The van der Waals surface area contributed by atoms with E-state index in [1.54, 1.807) is 0 Å². The third-order valence-corrected chi connectivity index (χ3v) is 2.50. The van der Waals surface area contributed by atoms with E-state index in [1.807, 2.05) is 0 Å². The van der Waals surface area contributed by atoms with Crippen molar-refractivity contribution < 1.29 is 23.5 Å². The van der Waals surface area contributed by atoms with Gasteiger partial charge in [-0.2, -0.15) is 13.5 Å². The average molecular weight is 285 g/mol. The number of hydrogen-bond donors (Lipinski definition) is 2. The van der Waals surface area contributed by atoms with Crippen molar-refractivity contribution in [2.75, 3.05) is 0 Å². The molecule has 0 amide bonds. The first kappa shape index (κ1) is 14.2. The van der Waals surface area contributed by atoms with Gasteiger partial charge in [0.1, 0.15) is 17.3 Å². The molecule has 20 heavy (non-hydrogen) atoms. The molecule has 2 aromatic rings. The predicted octanol–water partition coefficient (Wildman–Crippen LogP) is 0.0858. The fourth-order valence-corrected chi connectivity index (χ4v) is 1.70. The molecule has 0 bridgehead atoms. The molecule has 1 aromatic heterocycles. The Balaban J connectivity index is 2.58. The number of aryl methyl sites for hydroxylation is 1. The van der Waals surface area contributed by atoms with Crippen LogP contribution in [0.25, 0.3) is 5.69 Å². The Morgan fingerprint density at radius 1 is 1.35 bits per heavy atom. The van der Waals surface area contributed by atoms with Gasteiger partial charge in [-0.25, -0.2) is 9.36 Å². The lowest BCUT2D eigenvalue weighted by Crippen LogP contribution is -2.26. The number of alkyl halides is 2. The molecule has 2 rings (SSSR count). The van der Waals surface area contributed by atoms with Crippen molar-refractivity contribution in [3.8, 4) is 11.4 Å². The van der Waals surface area contributed by atoms with E-state index in [1.165, 1.54) is 31.2 Å². The van der Waals surface area contributed by atoms with Gasteiger partial charge in [0.2, 0.25) is 0 Å². The number of benzene rings is 1. The van der Waals surface area contributed by atoms with Gasteiger partial charge in [0, 0.05) is 0 Å². The van der Waals surface area contributed by atoms with Gasteiger partial charge >= 0.3 is 19.6 Å². The third kappa shape index (κ3) is 2.56. The lowest BCUT2D eigenvalue weighted by atomic mass is 10.2. The summed E-state index contributed by atoms with van der Waals surface area (Å²) in [5.41, 5.74) is -1.03. The summed E-state index contributed by atoms with van der Waals surface area (Å²) in [5, 5.41) is 21.3. The van der Waals surface area contributed by atoms with Crippen molar-refractivity contribution in [2.24, 2.45) is 0 Å². The molecule has 0 fully saturated rings. The molecule has 0 saturated heterocycles. The van der Waals surface area contributed by atoms with Gasteiger partial charge in [-0.15, -0.1) is 5.10 Å². The first-order valence-corrected chi connectivity index (χ1v) is 5.50. The van der Waals surface area contributed by atoms with Gasteiger partial charge in [0.15, 0.2) is 0 Å². The average Bonchev–Trinajstić information content (AvgIpc) is 2.64. The lowest BCUT2D eigenvalue weighted by Gasteiger charge is -2.09. The molecule has 2 N–H and O–H groups in total. The highest BCUT2D eigenvalue weighted by Gasteiger charge is 2.21. The van der Waals surface area contributed by atoms with Gasteiger partial charge in [-0.1, -0.05) is 12.1 Å². The van der Waals surface area contributed by atoms with E-state index in [-0.39, 0.29) is 21.8 Å². The number of para-hydroxylation sites is 2. The second kappa shape index (κ2) is 5.43. The Morgan fingerprint density at radius 3 is 2.55 bits per heavy atom. The highest BCUT2D eigenvalue weighted by Crippen LogP contribution is 2.21. The normalized spacial score (nSPS) is 10.9. The molecular formula is C10H10BF2N3O4. The summed E-state index contributed by atoms with van der Waals surface area (Å²) in [6.07, 6.45) is 0. The second-order valence-corrected chi connectivity index (χ2v) is 3.80. The maximum absolute atomic E-state index is 12.7. The highest BCUT2D eigenvalue weighted by molar-refractivity contribution is 6.33. The Labute approximate surface area is 111 Å². The van der Waals surface area contributed by atoms with Crippen LogP contribution < -0.4 is 10.3 Å². The van der Waals surface area contributed by atoms with E-state index >= 15 is 0 Å². The maximum atomic E-state index is 12.7. The van der Waals surface area contributed by atoms with Gasteiger partial charge < -0.3 is 14.7 Å². The topological polar surface area (TPSA) is 89.5 Å². The van der Waals surface area contributed by atoms with Crippen molar-refractivity contribution in [1.29, 1.82) is 0 Å². The van der Waals surface area contributed by atoms with Crippen LogP contribution in [0.2, 0.25) is 0 Å². The van der Waals surface area contributed by atoms with E-state index in [0.29, 0.717) is 4.68 Å². The Morgan fingerprint density at radius 2 is 2.00 bits per heavy atom. The smallest absolute Gasteiger partial charge is 0.510 e. The molecule has 0 unspecified atom stereocenters. The van der Waals surface area contributed by atoms with Crippen LogP contribution in [0, 0.1) is 6.92 Å². The quantitative estimate of drug-likeness (QED) is 0.777. The summed E-state index contributed by atoms with van der Waals surface area (Å²) in [6, 6.07) is 5.76. The van der Waals surface area contributed by atoms with Crippen LogP contribution in [0.1, 0.15) is 12.4 Å². The van der Waals surface area contributed by atoms with Crippen LogP contribution in [0.15, 0.2) is 29.1 Å². The fraction of sp³-hybridized carbons (Fsp3) is 0.200. The summed E-state index contributed by atoms with van der Waals surface area (Å²) < 4.78 is 31.1. The van der Waals surface area contributed by atoms with Crippen molar-refractivity contribution in [1.82, 2.24) is 14.3 Å². The zero-order chi connectivity index (χ0) is 14.9. The van der Waals surface area contributed by atoms with Crippen molar-refractivity contribution in [2.45, 2.75) is 13.5 Å². The highest BCUT2D eigenvalue weighted by atomic mass is 19.3. The first-order valence-electron chi connectivity index (χ1n) is 5.50. The minimum Gasteiger partial charge on any atom is -0.510 e. The van der Waals surface area contributed by atoms with Crippen LogP contribution in [-0.2, 0) is 0 Å². The van der Waals surface area contributed by atoms with E-state index in [0.717, 1.165) is 0 Å². The zero-order valence-corrected chi connectivity index (χ0v) is 10.3. The van der Waals surface area contributed by atoms with Crippen LogP contribution in [0.4, 0.5) is 8.78 Å². The van der Waals surface area contributed by atoms with Gasteiger partial charge in [0.05, 0.1) is 0 Å². The SMILES string of the molecule is Cc1nn(-c2ccccc2OB(O)O)c(=O)n1C(F)F. The Bertz CT molecular complexity index is 671. The molecular weight excluding hydrogens is 275 g/mol. The van der Waals surface area contributed by atoms with Gasteiger partial charge in [-0.05, 0) is 19.1 Å². The molecule has 0 saturated carbocycles. The van der Waals surface area contributed by atoms with Gasteiger partial charge in [0.25, 0.3) is 0 Å². The minimum absolute atomic E-state index is 0.0214. The molecule has 0 radical (unpaired) electrons. The Hall–Kier alpha value is -2.20. The largest absolute Gasteiger partial charge is 0.707 e. The minimum atomic E-state index is -3.02. The third-order valence-electron chi connectivity index (χ3n) is 2.50. The second-order valence-electron chi connectivity index (χ2n) is 3.80. The summed E-state index contributed by atoms with van der Waals surface area (Å²) in [6.45, 7) is -1.76. The number of hydrogen-bond acceptors (Lipinski definition) is 5. The first-order chi connectivity index (χ1) is 9.41. The molecule has 106 valence electrons. The van der Waals surface area contributed by atoms with Crippen molar-refractivity contribution in [3.05, 3.63) is 40.6 Å². The Kier molecular flexibility index (Phi) is 3.86. The zero-order valence-electron chi connectivity index (χ0n) is 10.3. The van der Waals surface area contributed by atoms with Crippen molar-refractivity contribution in [3.63, 3.8) is 0 Å². The molecule has 1 aromatic carbocycles. The van der Waals surface area contributed by atoms with Crippen LogP contribution >= 0.6 is 0 Å². The van der Waals surface area contributed by atoms with Crippen LogP contribution in [0.3, 0.4) is 0 Å². The summed E-state index contributed by atoms with van der Waals surface area (Å²) >= 11 is 0. The molecule has 1 heterocycles. The van der Waals surface area contributed by atoms with E-state index in [2.05, 4.69) is 9.75 Å². The van der Waals surface area contributed by atoms with Crippen molar-refractivity contribution >= 4 is 7.32 Å².